The van der Waals surface area contributed by atoms with Crippen LogP contribution in [-0.4, -0.2) is 12.5 Å². The van der Waals surface area contributed by atoms with E-state index in [1.807, 2.05) is 18.2 Å². The van der Waals surface area contributed by atoms with Crippen molar-refractivity contribution in [3.63, 3.8) is 0 Å². The fourth-order valence-corrected chi connectivity index (χ4v) is 2.75. The van der Waals surface area contributed by atoms with Gasteiger partial charge < -0.3 is 10.6 Å². The average molecular weight is 284 g/mol. The van der Waals surface area contributed by atoms with E-state index in [1.54, 1.807) is 13.0 Å². The number of aryl methyl sites for hydroxylation is 1. The molecule has 1 heterocycles. The molecule has 108 valence electrons. The van der Waals surface area contributed by atoms with Crippen LogP contribution in [0.1, 0.15) is 27.0 Å². The van der Waals surface area contributed by atoms with Gasteiger partial charge in [0, 0.05) is 17.8 Å². The topological polar surface area (TPSA) is 41.1 Å². The summed E-state index contributed by atoms with van der Waals surface area (Å²) < 4.78 is 13.4. The van der Waals surface area contributed by atoms with E-state index >= 15 is 0 Å². The standard InChI is InChI=1S/C17H17FN2O/c1-11-7-13(18)9-14(8-11)20-17(21)16-4-2-3-12-10-19-6-5-15(12)16/h2-4,7-9,19H,5-6,10H2,1H3,(H,20,21). The largest absolute Gasteiger partial charge is 0.322 e. The molecule has 3 rings (SSSR count). The Morgan fingerprint density at radius 3 is 2.95 bits per heavy atom. The number of halogens is 1. The molecule has 3 nitrogen and oxygen atoms in total. The third kappa shape index (κ3) is 2.95. The van der Waals surface area contributed by atoms with Crippen LogP contribution in [0.5, 0.6) is 0 Å². The second-order valence-corrected chi connectivity index (χ2v) is 5.34. The molecule has 0 atom stereocenters. The third-order valence-corrected chi connectivity index (χ3v) is 3.68. The maximum Gasteiger partial charge on any atom is 0.255 e. The zero-order chi connectivity index (χ0) is 14.8. The number of fused-ring (bicyclic) bond motifs is 1. The van der Waals surface area contributed by atoms with Crippen LogP contribution in [-0.2, 0) is 13.0 Å². The molecular formula is C17H17FN2O. The Morgan fingerprint density at radius 2 is 2.14 bits per heavy atom. The highest BCUT2D eigenvalue weighted by Crippen LogP contribution is 2.21. The van der Waals surface area contributed by atoms with Gasteiger partial charge in [0.2, 0.25) is 0 Å². The summed E-state index contributed by atoms with van der Waals surface area (Å²) in [6.07, 6.45) is 0.834. The van der Waals surface area contributed by atoms with Gasteiger partial charge in [-0.15, -0.1) is 0 Å². The summed E-state index contributed by atoms with van der Waals surface area (Å²) in [4.78, 5) is 12.5. The summed E-state index contributed by atoms with van der Waals surface area (Å²) in [5, 5.41) is 6.08. The predicted molar refractivity (Wildman–Crippen MR) is 80.9 cm³/mol. The van der Waals surface area contributed by atoms with Crippen molar-refractivity contribution >= 4 is 11.6 Å². The van der Waals surface area contributed by atoms with Crippen molar-refractivity contribution in [1.82, 2.24) is 5.32 Å². The Labute approximate surface area is 123 Å². The van der Waals surface area contributed by atoms with Gasteiger partial charge in [0.15, 0.2) is 0 Å². The van der Waals surface area contributed by atoms with Crippen molar-refractivity contribution in [3.8, 4) is 0 Å². The first kappa shape index (κ1) is 13.8. The molecule has 0 spiro atoms. The number of anilines is 1. The van der Waals surface area contributed by atoms with E-state index in [-0.39, 0.29) is 11.7 Å². The molecule has 21 heavy (non-hydrogen) atoms. The molecule has 1 aliphatic rings. The highest BCUT2D eigenvalue weighted by Gasteiger charge is 2.17. The van der Waals surface area contributed by atoms with Crippen LogP contribution < -0.4 is 10.6 Å². The van der Waals surface area contributed by atoms with E-state index in [1.165, 1.54) is 12.1 Å². The molecule has 1 aliphatic heterocycles. The summed E-state index contributed by atoms with van der Waals surface area (Å²) in [5.74, 6) is -0.525. The van der Waals surface area contributed by atoms with Crippen molar-refractivity contribution in [2.75, 3.05) is 11.9 Å². The molecule has 0 saturated heterocycles. The highest BCUT2D eigenvalue weighted by molar-refractivity contribution is 6.05. The smallest absolute Gasteiger partial charge is 0.255 e. The van der Waals surface area contributed by atoms with Gasteiger partial charge in [-0.05, 0) is 60.8 Å². The summed E-state index contributed by atoms with van der Waals surface area (Å²) in [6, 6.07) is 10.3. The van der Waals surface area contributed by atoms with Gasteiger partial charge >= 0.3 is 0 Å². The summed E-state index contributed by atoms with van der Waals surface area (Å²) >= 11 is 0. The molecule has 1 amide bonds. The molecule has 2 N–H and O–H groups in total. The fraction of sp³-hybridized carbons (Fsp3) is 0.235. The van der Waals surface area contributed by atoms with E-state index in [9.17, 15) is 9.18 Å². The minimum absolute atomic E-state index is 0.182. The van der Waals surface area contributed by atoms with Crippen LogP contribution in [0.25, 0.3) is 0 Å². The third-order valence-electron chi connectivity index (χ3n) is 3.68. The van der Waals surface area contributed by atoms with E-state index in [0.717, 1.165) is 36.2 Å². The minimum Gasteiger partial charge on any atom is -0.322 e. The van der Waals surface area contributed by atoms with Gasteiger partial charge in [-0.1, -0.05) is 12.1 Å². The predicted octanol–water partition coefficient (Wildman–Crippen LogP) is 3.03. The number of rotatable bonds is 2. The molecule has 4 heteroatoms. The average Bonchev–Trinajstić information content (AvgIpc) is 2.45. The number of benzene rings is 2. The molecule has 0 aliphatic carbocycles. The molecule has 0 aromatic heterocycles. The zero-order valence-corrected chi connectivity index (χ0v) is 11.9. The minimum atomic E-state index is -0.343. The number of hydrogen-bond acceptors (Lipinski definition) is 2. The monoisotopic (exact) mass is 284 g/mol. The first-order valence-corrected chi connectivity index (χ1v) is 7.03. The van der Waals surface area contributed by atoms with Crippen molar-refractivity contribution in [3.05, 3.63) is 64.5 Å². The van der Waals surface area contributed by atoms with Crippen molar-refractivity contribution in [2.45, 2.75) is 19.9 Å². The second kappa shape index (κ2) is 5.66. The van der Waals surface area contributed by atoms with Crippen LogP contribution in [0.15, 0.2) is 36.4 Å². The Hall–Kier alpha value is -2.20. The van der Waals surface area contributed by atoms with Crippen LogP contribution in [0.2, 0.25) is 0 Å². The summed E-state index contributed by atoms with van der Waals surface area (Å²) in [6.45, 7) is 3.46. The fourth-order valence-electron chi connectivity index (χ4n) is 2.75. The van der Waals surface area contributed by atoms with Crippen molar-refractivity contribution in [1.29, 1.82) is 0 Å². The lowest BCUT2D eigenvalue weighted by molar-refractivity contribution is 0.102. The maximum absolute atomic E-state index is 13.4. The first-order chi connectivity index (χ1) is 10.1. The molecule has 0 radical (unpaired) electrons. The molecule has 0 fully saturated rings. The lowest BCUT2D eigenvalue weighted by Gasteiger charge is -2.20. The van der Waals surface area contributed by atoms with Gasteiger partial charge in [-0.2, -0.15) is 0 Å². The van der Waals surface area contributed by atoms with E-state index in [2.05, 4.69) is 10.6 Å². The number of amides is 1. The molecule has 2 aromatic rings. The number of carbonyl (C=O) groups is 1. The first-order valence-electron chi connectivity index (χ1n) is 7.03. The lowest BCUT2D eigenvalue weighted by atomic mass is 9.95. The van der Waals surface area contributed by atoms with Crippen molar-refractivity contribution < 1.29 is 9.18 Å². The normalized spacial score (nSPS) is 13.6. The van der Waals surface area contributed by atoms with E-state index in [0.29, 0.717) is 11.3 Å². The van der Waals surface area contributed by atoms with Crippen LogP contribution in [0.4, 0.5) is 10.1 Å². The zero-order valence-electron chi connectivity index (χ0n) is 11.9. The van der Waals surface area contributed by atoms with Gasteiger partial charge in [0.25, 0.3) is 5.91 Å². The van der Waals surface area contributed by atoms with Gasteiger partial charge in [-0.25, -0.2) is 4.39 Å². The molecular weight excluding hydrogens is 267 g/mol. The Kier molecular flexibility index (Phi) is 3.71. The number of carbonyl (C=O) groups excluding carboxylic acids is 1. The summed E-state index contributed by atoms with van der Waals surface area (Å²) in [5.41, 5.74) is 4.19. The van der Waals surface area contributed by atoms with Crippen LogP contribution >= 0.6 is 0 Å². The van der Waals surface area contributed by atoms with Crippen LogP contribution in [0.3, 0.4) is 0 Å². The second-order valence-electron chi connectivity index (χ2n) is 5.34. The van der Waals surface area contributed by atoms with Crippen molar-refractivity contribution in [2.24, 2.45) is 0 Å². The highest BCUT2D eigenvalue weighted by atomic mass is 19.1. The molecule has 0 bridgehead atoms. The number of hydrogen-bond donors (Lipinski definition) is 2. The Bertz CT molecular complexity index is 677. The van der Waals surface area contributed by atoms with Gasteiger partial charge in [0.1, 0.15) is 5.82 Å². The SMILES string of the molecule is Cc1cc(F)cc(NC(=O)c2cccc3c2CCNC3)c1. The summed E-state index contributed by atoms with van der Waals surface area (Å²) in [7, 11) is 0. The molecule has 2 aromatic carbocycles. The van der Waals surface area contributed by atoms with E-state index < -0.39 is 0 Å². The quantitative estimate of drug-likeness (QED) is 0.890. The van der Waals surface area contributed by atoms with Gasteiger partial charge in [0.05, 0.1) is 0 Å². The molecule has 0 saturated carbocycles. The lowest BCUT2D eigenvalue weighted by Crippen LogP contribution is -2.26. The molecule has 0 unspecified atom stereocenters. The van der Waals surface area contributed by atoms with Crippen LogP contribution in [0, 0.1) is 12.7 Å². The Morgan fingerprint density at radius 1 is 1.29 bits per heavy atom. The van der Waals surface area contributed by atoms with E-state index in [4.69, 9.17) is 0 Å². The number of nitrogens with one attached hydrogen (secondary N) is 2. The maximum atomic E-state index is 13.4. The van der Waals surface area contributed by atoms with Gasteiger partial charge in [-0.3, -0.25) is 4.79 Å². The Balaban J connectivity index is 1.89.